The zero-order chi connectivity index (χ0) is 12.7. The van der Waals surface area contributed by atoms with Crippen LogP contribution in [0.5, 0.6) is 0 Å². The molecule has 1 aliphatic rings. The van der Waals surface area contributed by atoms with Crippen molar-refractivity contribution < 1.29 is 24.2 Å². The fourth-order valence-corrected chi connectivity index (χ4v) is 1.35. The number of carboxylic acids is 1. The second-order valence-corrected chi connectivity index (χ2v) is 3.55. The van der Waals surface area contributed by atoms with Gasteiger partial charge in [0.05, 0.1) is 0 Å². The molecule has 7 heteroatoms. The van der Waals surface area contributed by atoms with Crippen LogP contribution in [0.4, 0.5) is 4.79 Å². The van der Waals surface area contributed by atoms with Crippen LogP contribution in [-0.2, 0) is 14.3 Å². The molecule has 0 unspecified atom stereocenters. The Balaban J connectivity index is 2.12. The average molecular weight is 242 g/mol. The molecule has 0 fully saturated rings. The van der Waals surface area contributed by atoms with E-state index in [1.165, 1.54) is 0 Å². The monoisotopic (exact) mass is 242 g/mol. The van der Waals surface area contributed by atoms with Gasteiger partial charge in [0, 0.05) is 6.04 Å². The SMILES string of the molecule is O=C(O)COCC(=O)NC(=O)NC1CC=CC1. The van der Waals surface area contributed by atoms with E-state index in [4.69, 9.17) is 5.11 Å². The fraction of sp³-hybridized carbons (Fsp3) is 0.500. The first kappa shape index (κ1) is 13.2. The molecular formula is C10H14N2O5. The van der Waals surface area contributed by atoms with Gasteiger partial charge in [0.2, 0.25) is 0 Å². The van der Waals surface area contributed by atoms with Crippen LogP contribution in [0.2, 0.25) is 0 Å². The van der Waals surface area contributed by atoms with E-state index in [1.54, 1.807) is 0 Å². The zero-order valence-corrected chi connectivity index (χ0v) is 9.14. The average Bonchev–Trinajstić information content (AvgIpc) is 2.69. The maximum Gasteiger partial charge on any atom is 0.329 e. The molecule has 0 aromatic rings. The number of carboxylic acid groups (broad SMARTS) is 1. The smallest absolute Gasteiger partial charge is 0.329 e. The molecule has 0 saturated carbocycles. The Bertz CT molecular complexity index is 332. The van der Waals surface area contributed by atoms with Crippen molar-refractivity contribution in [1.82, 2.24) is 10.6 Å². The number of hydrogen-bond acceptors (Lipinski definition) is 4. The highest BCUT2D eigenvalue weighted by atomic mass is 16.5. The van der Waals surface area contributed by atoms with E-state index in [9.17, 15) is 14.4 Å². The minimum Gasteiger partial charge on any atom is -0.480 e. The van der Waals surface area contributed by atoms with Gasteiger partial charge < -0.3 is 15.2 Å². The maximum absolute atomic E-state index is 11.3. The molecule has 7 nitrogen and oxygen atoms in total. The highest BCUT2D eigenvalue weighted by molar-refractivity contribution is 5.95. The van der Waals surface area contributed by atoms with Crippen molar-refractivity contribution >= 4 is 17.9 Å². The third-order valence-corrected chi connectivity index (χ3v) is 2.05. The van der Waals surface area contributed by atoms with Crippen LogP contribution in [0.1, 0.15) is 12.8 Å². The quantitative estimate of drug-likeness (QED) is 0.570. The molecule has 17 heavy (non-hydrogen) atoms. The van der Waals surface area contributed by atoms with Crippen molar-refractivity contribution in [3.8, 4) is 0 Å². The molecule has 0 aromatic heterocycles. The number of imide groups is 1. The van der Waals surface area contributed by atoms with Crippen molar-refractivity contribution in [1.29, 1.82) is 0 Å². The Kier molecular flexibility index (Phi) is 5.15. The van der Waals surface area contributed by atoms with E-state index in [2.05, 4.69) is 10.1 Å². The zero-order valence-electron chi connectivity index (χ0n) is 9.14. The summed E-state index contributed by atoms with van der Waals surface area (Å²) in [5.74, 6) is -1.84. The van der Waals surface area contributed by atoms with Gasteiger partial charge in [0.15, 0.2) is 0 Å². The summed E-state index contributed by atoms with van der Waals surface area (Å²) in [5.41, 5.74) is 0. The van der Waals surface area contributed by atoms with E-state index >= 15 is 0 Å². The molecule has 0 aromatic carbocycles. The number of carbonyl (C=O) groups excluding carboxylic acids is 2. The highest BCUT2D eigenvalue weighted by Gasteiger charge is 2.14. The lowest BCUT2D eigenvalue weighted by molar-refractivity contribution is -0.143. The van der Waals surface area contributed by atoms with Gasteiger partial charge in [-0.25, -0.2) is 9.59 Å². The lowest BCUT2D eigenvalue weighted by Crippen LogP contribution is -2.45. The standard InChI is InChI=1S/C10H14N2O5/c13-8(5-17-6-9(14)15)12-10(16)11-7-3-1-2-4-7/h1-2,7H,3-6H2,(H,14,15)(H2,11,12,13,16). The number of amides is 3. The largest absolute Gasteiger partial charge is 0.480 e. The molecule has 0 radical (unpaired) electrons. The van der Waals surface area contributed by atoms with Gasteiger partial charge in [-0.15, -0.1) is 0 Å². The maximum atomic E-state index is 11.3. The normalized spacial score (nSPS) is 14.6. The van der Waals surface area contributed by atoms with Crippen molar-refractivity contribution in [3.63, 3.8) is 0 Å². The lowest BCUT2D eigenvalue weighted by Gasteiger charge is -2.12. The first-order chi connectivity index (χ1) is 8.08. The number of ether oxygens (including phenoxy) is 1. The Morgan fingerprint density at radius 1 is 1.24 bits per heavy atom. The molecule has 0 aliphatic heterocycles. The van der Waals surface area contributed by atoms with E-state index in [-0.39, 0.29) is 6.04 Å². The number of aliphatic carboxylic acids is 1. The van der Waals surface area contributed by atoms with Crippen LogP contribution in [-0.4, -0.2) is 42.3 Å². The molecule has 94 valence electrons. The molecule has 0 spiro atoms. The predicted octanol–water partition coefficient (Wildman–Crippen LogP) is -0.368. The van der Waals surface area contributed by atoms with Crippen LogP contribution >= 0.6 is 0 Å². The van der Waals surface area contributed by atoms with Gasteiger partial charge in [-0.1, -0.05) is 12.2 Å². The summed E-state index contributed by atoms with van der Waals surface area (Å²) in [6, 6.07) is -0.578. The van der Waals surface area contributed by atoms with Crippen LogP contribution in [0.25, 0.3) is 0 Å². The molecule has 1 rings (SSSR count). The van der Waals surface area contributed by atoms with Crippen molar-refractivity contribution in [3.05, 3.63) is 12.2 Å². The molecule has 3 amide bonds. The lowest BCUT2D eigenvalue weighted by atomic mass is 10.2. The molecule has 0 atom stereocenters. The molecule has 0 bridgehead atoms. The van der Waals surface area contributed by atoms with Crippen molar-refractivity contribution in [2.45, 2.75) is 18.9 Å². The minimum atomic E-state index is -1.17. The fourth-order valence-electron chi connectivity index (χ4n) is 1.35. The molecular weight excluding hydrogens is 228 g/mol. The third-order valence-electron chi connectivity index (χ3n) is 2.05. The van der Waals surface area contributed by atoms with Gasteiger partial charge in [0.1, 0.15) is 13.2 Å². The van der Waals surface area contributed by atoms with Gasteiger partial charge in [-0.2, -0.15) is 0 Å². The number of hydrogen-bond donors (Lipinski definition) is 3. The molecule has 0 saturated heterocycles. The minimum absolute atomic E-state index is 0.0164. The van der Waals surface area contributed by atoms with Gasteiger partial charge in [-0.05, 0) is 12.8 Å². The van der Waals surface area contributed by atoms with Crippen molar-refractivity contribution in [2.75, 3.05) is 13.2 Å². The van der Waals surface area contributed by atoms with E-state index in [1.807, 2.05) is 17.5 Å². The summed E-state index contributed by atoms with van der Waals surface area (Å²) in [5, 5.41) is 12.9. The van der Waals surface area contributed by atoms with Gasteiger partial charge in [0.25, 0.3) is 5.91 Å². The summed E-state index contributed by atoms with van der Waals surface area (Å²) in [7, 11) is 0. The summed E-state index contributed by atoms with van der Waals surface area (Å²) < 4.78 is 4.52. The molecule has 3 N–H and O–H groups in total. The summed E-state index contributed by atoms with van der Waals surface area (Å²) in [6.45, 7) is -1.02. The van der Waals surface area contributed by atoms with E-state index in [0.29, 0.717) is 0 Å². The highest BCUT2D eigenvalue weighted by Crippen LogP contribution is 2.08. The van der Waals surface area contributed by atoms with Crippen molar-refractivity contribution in [2.24, 2.45) is 0 Å². The first-order valence-corrected chi connectivity index (χ1v) is 5.13. The second kappa shape index (κ2) is 6.64. The Morgan fingerprint density at radius 3 is 2.47 bits per heavy atom. The Hall–Kier alpha value is -1.89. The number of carbonyl (C=O) groups is 3. The molecule has 1 aliphatic carbocycles. The Labute approximate surface area is 97.8 Å². The predicted molar refractivity (Wildman–Crippen MR) is 57.3 cm³/mol. The number of rotatable bonds is 5. The second-order valence-electron chi connectivity index (χ2n) is 3.55. The van der Waals surface area contributed by atoms with Crippen LogP contribution in [0.3, 0.4) is 0 Å². The third kappa shape index (κ3) is 5.67. The number of urea groups is 1. The summed E-state index contributed by atoms with van der Waals surface area (Å²) in [6.07, 6.45) is 5.39. The van der Waals surface area contributed by atoms with Crippen LogP contribution in [0.15, 0.2) is 12.2 Å². The van der Waals surface area contributed by atoms with E-state index in [0.717, 1.165) is 12.8 Å². The topological polar surface area (TPSA) is 105 Å². The molecule has 0 heterocycles. The number of nitrogens with one attached hydrogen (secondary N) is 2. The van der Waals surface area contributed by atoms with Gasteiger partial charge in [-0.3, -0.25) is 10.1 Å². The summed E-state index contributed by atoms with van der Waals surface area (Å²) >= 11 is 0. The van der Waals surface area contributed by atoms with Crippen LogP contribution < -0.4 is 10.6 Å². The van der Waals surface area contributed by atoms with E-state index < -0.39 is 31.1 Å². The van der Waals surface area contributed by atoms with Gasteiger partial charge >= 0.3 is 12.0 Å². The first-order valence-electron chi connectivity index (χ1n) is 5.13. The Morgan fingerprint density at radius 2 is 1.88 bits per heavy atom. The summed E-state index contributed by atoms with van der Waals surface area (Å²) in [4.78, 5) is 32.5. The van der Waals surface area contributed by atoms with Crippen LogP contribution in [0, 0.1) is 0 Å².